The Labute approximate surface area is 156 Å². The van der Waals surface area contributed by atoms with E-state index in [0.717, 1.165) is 41.2 Å². The van der Waals surface area contributed by atoms with Crippen molar-refractivity contribution < 1.29 is 9.53 Å². The van der Waals surface area contributed by atoms with E-state index in [-0.39, 0.29) is 5.91 Å². The van der Waals surface area contributed by atoms with Gasteiger partial charge in [-0.2, -0.15) is 0 Å². The average Bonchev–Trinajstić information content (AvgIpc) is 3.01. The molecule has 9 nitrogen and oxygen atoms in total. The van der Waals surface area contributed by atoms with E-state index in [9.17, 15) is 4.79 Å². The predicted octanol–water partition coefficient (Wildman–Crippen LogP) is 1.00. The van der Waals surface area contributed by atoms with Gasteiger partial charge in [0.2, 0.25) is 5.91 Å². The Morgan fingerprint density at radius 3 is 2.74 bits per heavy atom. The SMILES string of the molecule is Cc1nnc(-c2cnc3cnc(NC(=O)CN4CCOCC4)cc3c2)n1C. The molecule has 1 fully saturated rings. The molecule has 0 aliphatic carbocycles. The smallest absolute Gasteiger partial charge is 0.239 e. The van der Waals surface area contributed by atoms with Crippen LogP contribution in [-0.2, 0) is 16.6 Å². The molecule has 27 heavy (non-hydrogen) atoms. The molecule has 4 heterocycles. The zero-order valence-corrected chi connectivity index (χ0v) is 15.3. The number of pyridine rings is 2. The fraction of sp³-hybridized carbons (Fsp3) is 0.389. The number of fused-ring (bicyclic) bond motifs is 1. The standard InChI is InChI=1S/C18H21N7O2/c1-12-22-23-18(24(12)2)14-7-13-8-16(20-10-15(13)19-9-14)21-17(26)11-25-3-5-27-6-4-25/h7-10H,3-6,11H2,1-2H3,(H,20,21,26). The Balaban J connectivity index is 1.53. The van der Waals surface area contributed by atoms with Crippen molar-refractivity contribution in [3.63, 3.8) is 0 Å². The molecule has 3 aromatic heterocycles. The van der Waals surface area contributed by atoms with Gasteiger partial charge in [0.25, 0.3) is 0 Å². The molecule has 0 radical (unpaired) electrons. The molecule has 1 saturated heterocycles. The Morgan fingerprint density at radius 2 is 2.00 bits per heavy atom. The number of anilines is 1. The molecule has 3 aromatic rings. The Hall–Kier alpha value is -2.91. The van der Waals surface area contributed by atoms with E-state index in [1.165, 1.54) is 0 Å². The van der Waals surface area contributed by atoms with Crippen LogP contribution in [0.15, 0.2) is 24.5 Å². The molecule has 1 aliphatic rings. The molecule has 1 aliphatic heterocycles. The van der Waals surface area contributed by atoms with Gasteiger partial charge in [-0.05, 0) is 19.1 Å². The van der Waals surface area contributed by atoms with Crippen LogP contribution in [0.1, 0.15) is 5.82 Å². The van der Waals surface area contributed by atoms with E-state index in [1.54, 1.807) is 12.4 Å². The van der Waals surface area contributed by atoms with Crippen LogP contribution >= 0.6 is 0 Å². The van der Waals surface area contributed by atoms with Gasteiger partial charge in [-0.15, -0.1) is 10.2 Å². The number of nitrogens with one attached hydrogen (secondary N) is 1. The van der Waals surface area contributed by atoms with Gasteiger partial charge in [0, 0.05) is 37.3 Å². The molecule has 0 unspecified atom stereocenters. The maximum absolute atomic E-state index is 12.3. The highest BCUT2D eigenvalue weighted by molar-refractivity contribution is 5.93. The van der Waals surface area contributed by atoms with Gasteiger partial charge in [0.1, 0.15) is 11.6 Å². The molecule has 0 saturated carbocycles. The summed E-state index contributed by atoms with van der Waals surface area (Å²) in [4.78, 5) is 23.1. The van der Waals surface area contributed by atoms with Crippen LogP contribution < -0.4 is 5.32 Å². The van der Waals surface area contributed by atoms with E-state index >= 15 is 0 Å². The van der Waals surface area contributed by atoms with Gasteiger partial charge in [-0.25, -0.2) is 4.98 Å². The summed E-state index contributed by atoms with van der Waals surface area (Å²) in [5.74, 6) is 2.00. The number of hydrogen-bond acceptors (Lipinski definition) is 7. The van der Waals surface area contributed by atoms with Crippen LogP contribution in [0.2, 0.25) is 0 Å². The summed E-state index contributed by atoms with van der Waals surface area (Å²) in [5, 5.41) is 12.0. The monoisotopic (exact) mass is 367 g/mol. The van der Waals surface area contributed by atoms with Crippen molar-refractivity contribution >= 4 is 22.6 Å². The van der Waals surface area contributed by atoms with Gasteiger partial charge in [-0.1, -0.05) is 0 Å². The minimum atomic E-state index is -0.0863. The van der Waals surface area contributed by atoms with Gasteiger partial charge in [-0.3, -0.25) is 14.7 Å². The number of aryl methyl sites for hydroxylation is 1. The van der Waals surface area contributed by atoms with E-state index in [2.05, 4.69) is 30.4 Å². The Bertz CT molecular complexity index is 979. The Kier molecular flexibility index (Phi) is 4.78. The van der Waals surface area contributed by atoms with E-state index < -0.39 is 0 Å². The zero-order valence-electron chi connectivity index (χ0n) is 15.3. The molecule has 9 heteroatoms. The first-order valence-electron chi connectivity index (χ1n) is 8.82. The van der Waals surface area contributed by atoms with Crippen LogP contribution in [0.3, 0.4) is 0 Å². The van der Waals surface area contributed by atoms with Crippen molar-refractivity contribution in [2.24, 2.45) is 7.05 Å². The average molecular weight is 367 g/mol. The largest absolute Gasteiger partial charge is 0.379 e. The lowest BCUT2D eigenvalue weighted by atomic mass is 10.2. The van der Waals surface area contributed by atoms with E-state index in [4.69, 9.17) is 4.74 Å². The van der Waals surface area contributed by atoms with Gasteiger partial charge in [0.15, 0.2) is 5.82 Å². The minimum absolute atomic E-state index is 0.0863. The quantitative estimate of drug-likeness (QED) is 0.735. The fourth-order valence-electron chi connectivity index (χ4n) is 3.03. The maximum Gasteiger partial charge on any atom is 0.239 e. The van der Waals surface area contributed by atoms with Gasteiger partial charge < -0.3 is 14.6 Å². The van der Waals surface area contributed by atoms with Crippen molar-refractivity contribution in [2.75, 3.05) is 38.2 Å². The summed E-state index contributed by atoms with van der Waals surface area (Å²) in [6.07, 6.45) is 3.41. The molecule has 0 atom stereocenters. The zero-order chi connectivity index (χ0) is 18.8. The number of hydrogen-bond donors (Lipinski definition) is 1. The van der Waals surface area contributed by atoms with Crippen molar-refractivity contribution in [1.82, 2.24) is 29.6 Å². The van der Waals surface area contributed by atoms with Crippen LogP contribution in [0.5, 0.6) is 0 Å². The molecule has 1 amide bonds. The lowest BCUT2D eigenvalue weighted by molar-refractivity contribution is -0.118. The predicted molar refractivity (Wildman–Crippen MR) is 100 cm³/mol. The highest BCUT2D eigenvalue weighted by Crippen LogP contribution is 2.22. The highest BCUT2D eigenvalue weighted by atomic mass is 16.5. The maximum atomic E-state index is 12.3. The van der Waals surface area contributed by atoms with Crippen molar-refractivity contribution in [2.45, 2.75) is 6.92 Å². The highest BCUT2D eigenvalue weighted by Gasteiger charge is 2.15. The molecule has 4 rings (SSSR count). The first-order valence-corrected chi connectivity index (χ1v) is 8.82. The summed E-state index contributed by atoms with van der Waals surface area (Å²) in [7, 11) is 1.92. The molecule has 0 aromatic carbocycles. The van der Waals surface area contributed by atoms with Crippen molar-refractivity contribution in [3.05, 3.63) is 30.4 Å². The lowest BCUT2D eigenvalue weighted by Crippen LogP contribution is -2.41. The molecular formula is C18H21N7O2. The molecule has 140 valence electrons. The summed E-state index contributed by atoms with van der Waals surface area (Å²) >= 11 is 0. The van der Waals surface area contributed by atoms with Crippen LogP contribution in [0.25, 0.3) is 22.3 Å². The van der Waals surface area contributed by atoms with Crippen molar-refractivity contribution in [1.29, 1.82) is 0 Å². The molecular weight excluding hydrogens is 346 g/mol. The van der Waals surface area contributed by atoms with Gasteiger partial charge in [0.05, 0.1) is 31.5 Å². The van der Waals surface area contributed by atoms with Gasteiger partial charge >= 0.3 is 0 Å². The topological polar surface area (TPSA) is 98.1 Å². The first kappa shape index (κ1) is 17.5. The number of carbonyl (C=O) groups is 1. The van der Waals surface area contributed by atoms with Crippen LogP contribution in [0, 0.1) is 6.92 Å². The number of amides is 1. The molecule has 1 N–H and O–H groups in total. The summed E-state index contributed by atoms with van der Waals surface area (Å²) in [5.41, 5.74) is 1.62. The van der Waals surface area contributed by atoms with Crippen LogP contribution in [0.4, 0.5) is 5.82 Å². The van der Waals surface area contributed by atoms with E-state index in [1.807, 2.05) is 30.7 Å². The number of ether oxygens (including phenoxy) is 1. The third-order valence-electron chi connectivity index (χ3n) is 4.66. The second-order valence-electron chi connectivity index (χ2n) is 6.55. The minimum Gasteiger partial charge on any atom is -0.379 e. The number of nitrogens with zero attached hydrogens (tertiary/aromatic N) is 6. The van der Waals surface area contributed by atoms with Crippen LogP contribution in [-0.4, -0.2) is 68.4 Å². The van der Waals surface area contributed by atoms with Crippen molar-refractivity contribution in [3.8, 4) is 11.4 Å². The fourth-order valence-corrected chi connectivity index (χ4v) is 3.03. The first-order chi connectivity index (χ1) is 13.1. The summed E-state index contributed by atoms with van der Waals surface area (Å²) < 4.78 is 7.21. The third kappa shape index (κ3) is 3.79. The number of rotatable bonds is 4. The Morgan fingerprint density at radius 1 is 1.19 bits per heavy atom. The molecule has 0 bridgehead atoms. The lowest BCUT2D eigenvalue weighted by Gasteiger charge is -2.25. The summed E-state index contributed by atoms with van der Waals surface area (Å²) in [6.45, 7) is 5.09. The molecule has 0 spiro atoms. The number of morpholine rings is 1. The second kappa shape index (κ2) is 7.37. The normalized spacial score (nSPS) is 15.2. The van der Waals surface area contributed by atoms with E-state index in [0.29, 0.717) is 25.6 Å². The number of carbonyl (C=O) groups excluding carboxylic acids is 1. The third-order valence-corrected chi connectivity index (χ3v) is 4.66. The second-order valence-corrected chi connectivity index (χ2v) is 6.55. The summed E-state index contributed by atoms with van der Waals surface area (Å²) in [6, 6.07) is 3.80. The number of aromatic nitrogens is 5.